The summed E-state index contributed by atoms with van der Waals surface area (Å²) in [6, 6.07) is 0. The van der Waals surface area contributed by atoms with Gasteiger partial charge in [-0.05, 0) is 45.8 Å². The number of ketones is 1. The van der Waals surface area contributed by atoms with Gasteiger partial charge in [-0.3, -0.25) is 9.69 Å². The van der Waals surface area contributed by atoms with Crippen LogP contribution in [0.3, 0.4) is 0 Å². The van der Waals surface area contributed by atoms with Crippen LogP contribution in [-0.2, 0) is 4.79 Å². The maximum Gasteiger partial charge on any atom is 0.143 e. The average molecular weight is 495 g/mol. The molecular formula is C32H66N2O. The lowest BCUT2D eigenvalue weighted by molar-refractivity contribution is -0.118. The van der Waals surface area contributed by atoms with E-state index in [1.54, 1.807) is 6.92 Å². The summed E-state index contributed by atoms with van der Waals surface area (Å²) in [5, 5.41) is 0. The zero-order valence-corrected chi connectivity index (χ0v) is 24.9. The van der Waals surface area contributed by atoms with Crippen LogP contribution in [0.2, 0.25) is 0 Å². The summed E-state index contributed by atoms with van der Waals surface area (Å²) in [5.41, 5.74) is 0. The molecule has 0 aliphatic rings. The maximum absolute atomic E-state index is 11.9. The van der Waals surface area contributed by atoms with Crippen molar-refractivity contribution < 1.29 is 4.79 Å². The van der Waals surface area contributed by atoms with Crippen LogP contribution in [0.15, 0.2) is 0 Å². The fourth-order valence-electron chi connectivity index (χ4n) is 5.08. The van der Waals surface area contributed by atoms with Crippen molar-refractivity contribution in [1.29, 1.82) is 0 Å². The molecule has 0 aromatic rings. The molecule has 0 N–H and O–H groups in total. The Morgan fingerprint density at radius 1 is 0.400 bits per heavy atom. The van der Waals surface area contributed by atoms with E-state index in [0.29, 0.717) is 12.3 Å². The van der Waals surface area contributed by atoms with Gasteiger partial charge in [-0.2, -0.15) is 0 Å². The molecule has 0 heterocycles. The van der Waals surface area contributed by atoms with Crippen molar-refractivity contribution in [3.63, 3.8) is 0 Å². The van der Waals surface area contributed by atoms with Crippen LogP contribution >= 0.6 is 0 Å². The molecule has 0 amide bonds. The summed E-state index contributed by atoms with van der Waals surface area (Å²) in [5.74, 6) is 0.318. The molecule has 0 spiro atoms. The number of carbonyl (C=O) groups excluding carboxylic acids is 1. The highest BCUT2D eigenvalue weighted by Gasteiger charge is 2.11. The molecule has 0 aromatic heterocycles. The van der Waals surface area contributed by atoms with Gasteiger partial charge >= 0.3 is 0 Å². The minimum absolute atomic E-state index is 0.318. The van der Waals surface area contributed by atoms with Crippen molar-refractivity contribution in [2.45, 2.75) is 163 Å². The maximum atomic E-state index is 11.9. The first-order valence-electron chi connectivity index (χ1n) is 16.1. The number of unbranched alkanes of at least 4 members (excludes halogenated alkanes) is 18. The standard InChI is InChI=1S/C32H66N2O/c1-5-8-11-14-17-20-23-26-33(27-24-21-18-15-12-9-6-2)29-30-34(31-32(4)35)28-25-22-19-16-13-10-7-3/h5-31H2,1-4H3. The Labute approximate surface area is 222 Å². The van der Waals surface area contributed by atoms with E-state index in [-0.39, 0.29) is 0 Å². The van der Waals surface area contributed by atoms with Crippen molar-refractivity contribution in [3.8, 4) is 0 Å². The minimum atomic E-state index is 0.318. The van der Waals surface area contributed by atoms with Crippen LogP contribution in [-0.4, -0.2) is 54.9 Å². The lowest BCUT2D eigenvalue weighted by Gasteiger charge is -2.27. The van der Waals surface area contributed by atoms with E-state index in [2.05, 4.69) is 30.6 Å². The zero-order chi connectivity index (χ0) is 25.8. The third-order valence-electron chi connectivity index (χ3n) is 7.41. The molecule has 0 fully saturated rings. The predicted octanol–water partition coefficient (Wildman–Crippen LogP) is 9.43. The molecule has 0 aromatic carbocycles. The summed E-state index contributed by atoms with van der Waals surface area (Å²) >= 11 is 0. The molecule has 3 nitrogen and oxygen atoms in total. The molecule has 0 aliphatic carbocycles. The van der Waals surface area contributed by atoms with Gasteiger partial charge in [0.1, 0.15) is 5.78 Å². The van der Waals surface area contributed by atoms with Crippen LogP contribution in [0.4, 0.5) is 0 Å². The third-order valence-corrected chi connectivity index (χ3v) is 7.41. The van der Waals surface area contributed by atoms with Crippen molar-refractivity contribution >= 4 is 5.78 Å². The van der Waals surface area contributed by atoms with Gasteiger partial charge in [-0.1, -0.05) is 136 Å². The van der Waals surface area contributed by atoms with Crippen molar-refractivity contribution in [3.05, 3.63) is 0 Å². The predicted molar refractivity (Wildman–Crippen MR) is 158 cm³/mol. The van der Waals surface area contributed by atoms with Crippen LogP contribution in [0.25, 0.3) is 0 Å². The summed E-state index contributed by atoms with van der Waals surface area (Å²) in [6.45, 7) is 15.0. The van der Waals surface area contributed by atoms with E-state index >= 15 is 0 Å². The van der Waals surface area contributed by atoms with Gasteiger partial charge < -0.3 is 4.90 Å². The van der Waals surface area contributed by atoms with E-state index in [9.17, 15) is 4.79 Å². The monoisotopic (exact) mass is 495 g/mol. The number of hydrogen-bond acceptors (Lipinski definition) is 3. The fourth-order valence-corrected chi connectivity index (χ4v) is 5.08. The van der Waals surface area contributed by atoms with Crippen molar-refractivity contribution in [2.24, 2.45) is 0 Å². The van der Waals surface area contributed by atoms with E-state index in [0.717, 1.165) is 19.6 Å². The lowest BCUT2D eigenvalue weighted by Crippen LogP contribution is -2.38. The van der Waals surface area contributed by atoms with Crippen LogP contribution < -0.4 is 0 Å². The number of hydrogen-bond donors (Lipinski definition) is 0. The quantitative estimate of drug-likeness (QED) is 0.0967. The lowest BCUT2D eigenvalue weighted by atomic mass is 10.1. The van der Waals surface area contributed by atoms with Gasteiger partial charge in [-0.15, -0.1) is 0 Å². The minimum Gasteiger partial charge on any atom is -0.302 e. The third kappa shape index (κ3) is 26.5. The molecule has 0 rings (SSSR count). The Balaban J connectivity index is 4.37. The molecular weight excluding hydrogens is 428 g/mol. The Morgan fingerprint density at radius 2 is 0.686 bits per heavy atom. The van der Waals surface area contributed by atoms with E-state index in [4.69, 9.17) is 0 Å². The second-order valence-corrected chi connectivity index (χ2v) is 11.2. The molecule has 3 heteroatoms. The second-order valence-electron chi connectivity index (χ2n) is 11.2. The number of nitrogens with zero attached hydrogens (tertiary/aromatic N) is 2. The summed E-state index contributed by atoms with van der Waals surface area (Å²) < 4.78 is 0. The molecule has 0 saturated heterocycles. The van der Waals surface area contributed by atoms with Crippen molar-refractivity contribution in [1.82, 2.24) is 9.80 Å². The number of rotatable bonds is 29. The molecule has 35 heavy (non-hydrogen) atoms. The highest BCUT2D eigenvalue weighted by Crippen LogP contribution is 2.11. The zero-order valence-electron chi connectivity index (χ0n) is 24.9. The van der Waals surface area contributed by atoms with E-state index in [1.807, 2.05) is 0 Å². The van der Waals surface area contributed by atoms with Gasteiger partial charge in [0.15, 0.2) is 0 Å². The molecule has 0 aliphatic heterocycles. The molecule has 0 bridgehead atoms. The Morgan fingerprint density at radius 3 is 1.03 bits per heavy atom. The molecule has 0 saturated carbocycles. The Bertz CT molecular complexity index is 408. The van der Waals surface area contributed by atoms with Crippen LogP contribution in [0, 0.1) is 0 Å². The van der Waals surface area contributed by atoms with Gasteiger partial charge in [0.2, 0.25) is 0 Å². The Kier molecular flexibility index (Phi) is 27.8. The van der Waals surface area contributed by atoms with E-state index in [1.165, 1.54) is 148 Å². The fraction of sp³-hybridized carbons (Fsp3) is 0.969. The van der Waals surface area contributed by atoms with Gasteiger partial charge in [-0.25, -0.2) is 0 Å². The molecule has 0 radical (unpaired) electrons. The number of carbonyl (C=O) groups is 1. The topological polar surface area (TPSA) is 23.6 Å². The molecule has 210 valence electrons. The van der Waals surface area contributed by atoms with Gasteiger partial charge in [0.25, 0.3) is 0 Å². The first-order chi connectivity index (χ1) is 17.1. The van der Waals surface area contributed by atoms with Gasteiger partial charge in [0.05, 0.1) is 6.54 Å². The van der Waals surface area contributed by atoms with Gasteiger partial charge in [0, 0.05) is 13.1 Å². The molecule has 0 unspecified atom stereocenters. The second kappa shape index (κ2) is 28.2. The van der Waals surface area contributed by atoms with Crippen LogP contribution in [0.1, 0.15) is 163 Å². The first-order valence-corrected chi connectivity index (χ1v) is 16.1. The largest absolute Gasteiger partial charge is 0.302 e. The number of Topliss-reactive ketones (excluding diaryl/α,β-unsaturated/α-hetero) is 1. The first kappa shape index (κ1) is 34.6. The SMILES string of the molecule is CCCCCCCCCN(CCCCCCCCC)CCN(CCCCCCCCC)CC(C)=O. The smallest absolute Gasteiger partial charge is 0.143 e. The highest BCUT2D eigenvalue weighted by molar-refractivity contribution is 5.77. The van der Waals surface area contributed by atoms with Crippen LogP contribution in [0.5, 0.6) is 0 Å². The summed E-state index contributed by atoms with van der Waals surface area (Å²) in [4.78, 5) is 17.0. The normalized spacial score (nSPS) is 11.7. The Hall–Kier alpha value is -0.410. The highest BCUT2D eigenvalue weighted by atomic mass is 16.1. The van der Waals surface area contributed by atoms with Crippen molar-refractivity contribution in [2.75, 3.05) is 39.3 Å². The summed E-state index contributed by atoms with van der Waals surface area (Å²) in [6.07, 6.45) is 28.8. The summed E-state index contributed by atoms with van der Waals surface area (Å²) in [7, 11) is 0. The average Bonchev–Trinajstić information content (AvgIpc) is 2.84. The molecule has 0 atom stereocenters. The van der Waals surface area contributed by atoms with E-state index < -0.39 is 0 Å².